The predicted molar refractivity (Wildman–Crippen MR) is 58.2 cm³/mol. The molecule has 4 nitrogen and oxygen atoms in total. The van der Waals surface area contributed by atoms with Gasteiger partial charge in [-0.15, -0.1) is 10.2 Å². The first-order valence-electron chi connectivity index (χ1n) is 4.84. The third kappa shape index (κ3) is 1.66. The Morgan fingerprint density at radius 3 is 2.64 bits per heavy atom. The molecular formula is C9H16N4S. The fourth-order valence-corrected chi connectivity index (χ4v) is 1.94. The van der Waals surface area contributed by atoms with E-state index in [0.717, 1.165) is 31.3 Å². The molecule has 1 aliphatic rings. The molecule has 0 radical (unpaired) electrons. The van der Waals surface area contributed by atoms with Crippen LogP contribution in [0.2, 0.25) is 0 Å². The van der Waals surface area contributed by atoms with E-state index in [2.05, 4.69) is 46.1 Å². The van der Waals surface area contributed by atoms with Crippen LogP contribution in [0, 0.1) is 6.92 Å². The molecule has 0 fully saturated rings. The Bertz CT molecular complexity index is 339. The van der Waals surface area contributed by atoms with Crippen LogP contribution in [-0.2, 0) is 13.1 Å². The third-order valence-electron chi connectivity index (χ3n) is 2.71. The van der Waals surface area contributed by atoms with Crippen LogP contribution in [0.4, 0.5) is 0 Å². The van der Waals surface area contributed by atoms with Crippen molar-refractivity contribution < 1.29 is 0 Å². The maximum atomic E-state index is 4.56. The Labute approximate surface area is 89.7 Å². The van der Waals surface area contributed by atoms with Crippen molar-refractivity contribution >= 4 is 12.6 Å². The van der Waals surface area contributed by atoms with E-state index >= 15 is 0 Å². The molecule has 0 atom stereocenters. The van der Waals surface area contributed by atoms with Crippen molar-refractivity contribution in [1.29, 1.82) is 0 Å². The van der Waals surface area contributed by atoms with Crippen LogP contribution in [0.3, 0.4) is 0 Å². The second kappa shape index (κ2) is 3.24. The molecule has 1 aromatic rings. The highest BCUT2D eigenvalue weighted by molar-refractivity contribution is 7.81. The molecule has 2 heterocycles. The first-order chi connectivity index (χ1) is 6.48. The van der Waals surface area contributed by atoms with Gasteiger partial charge in [-0.1, -0.05) is 0 Å². The summed E-state index contributed by atoms with van der Waals surface area (Å²) >= 11 is 4.56. The van der Waals surface area contributed by atoms with Gasteiger partial charge >= 0.3 is 0 Å². The van der Waals surface area contributed by atoms with Gasteiger partial charge in [-0.2, -0.15) is 12.6 Å². The fraction of sp³-hybridized carbons (Fsp3) is 0.778. The van der Waals surface area contributed by atoms with Gasteiger partial charge in [-0.05, 0) is 20.8 Å². The number of nitrogens with zero attached hydrogens (tertiary/aromatic N) is 4. The van der Waals surface area contributed by atoms with Crippen LogP contribution < -0.4 is 0 Å². The zero-order chi connectivity index (χ0) is 10.3. The van der Waals surface area contributed by atoms with Crippen LogP contribution in [0.1, 0.15) is 25.5 Å². The maximum absolute atomic E-state index is 4.56. The van der Waals surface area contributed by atoms with Crippen molar-refractivity contribution in [3.63, 3.8) is 0 Å². The Hall–Kier alpha value is -0.550. The molecule has 0 aliphatic carbocycles. The van der Waals surface area contributed by atoms with Crippen LogP contribution in [-0.4, -0.2) is 31.1 Å². The molecular weight excluding hydrogens is 196 g/mol. The molecule has 2 rings (SSSR count). The van der Waals surface area contributed by atoms with E-state index in [0.29, 0.717) is 0 Å². The summed E-state index contributed by atoms with van der Waals surface area (Å²) in [7, 11) is 0. The molecule has 5 heteroatoms. The second-order valence-electron chi connectivity index (χ2n) is 4.23. The fourth-order valence-electron chi connectivity index (χ4n) is 1.77. The third-order valence-corrected chi connectivity index (χ3v) is 2.99. The summed E-state index contributed by atoms with van der Waals surface area (Å²) in [4.78, 5) is 2.23. The first kappa shape index (κ1) is 9.98. The Morgan fingerprint density at radius 1 is 1.29 bits per heavy atom. The van der Waals surface area contributed by atoms with E-state index in [1.807, 2.05) is 6.92 Å². The predicted octanol–water partition coefficient (Wildman–Crippen LogP) is 1.07. The van der Waals surface area contributed by atoms with E-state index in [1.165, 1.54) is 0 Å². The SMILES string of the molecule is Cc1nnc2n1CCN(C(C)(C)S)C2. The van der Waals surface area contributed by atoms with E-state index in [9.17, 15) is 0 Å². The summed E-state index contributed by atoms with van der Waals surface area (Å²) in [6.07, 6.45) is 0. The smallest absolute Gasteiger partial charge is 0.147 e. The molecule has 1 aromatic heterocycles. The highest BCUT2D eigenvalue weighted by atomic mass is 32.1. The minimum Gasteiger partial charge on any atom is -0.313 e. The van der Waals surface area contributed by atoms with Crippen molar-refractivity contribution in [2.45, 2.75) is 38.7 Å². The van der Waals surface area contributed by atoms with Gasteiger partial charge in [-0.3, -0.25) is 4.90 Å². The average molecular weight is 212 g/mol. The van der Waals surface area contributed by atoms with E-state index in [1.54, 1.807) is 0 Å². The zero-order valence-corrected chi connectivity index (χ0v) is 9.75. The summed E-state index contributed by atoms with van der Waals surface area (Å²) in [6.45, 7) is 9.04. The lowest BCUT2D eigenvalue weighted by molar-refractivity contribution is 0.152. The minimum atomic E-state index is -0.0783. The molecule has 0 amide bonds. The molecule has 78 valence electrons. The van der Waals surface area contributed by atoms with Gasteiger partial charge in [0.05, 0.1) is 11.4 Å². The van der Waals surface area contributed by atoms with Crippen LogP contribution >= 0.6 is 12.6 Å². The molecule has 0 unspecified atom stereocenters. The van der Waals surface area contributed by atoms with Crippen molar-refractivity contribution in [1.82, 2.24) is 19.7 Å². The second-order valence-corrected chi connectivity index (χ2v) is 5.33. The number of fused-ring (bicyclic) bond motifs is 1. The highest BCUT2D eigenvalue weighted by Crippen LogP contribution is 2.23. The van der Waals surface area contributed by atoms with Crippen molar-refractivity contribution in [3.8, 4) is 0 Å². The lowest BCUT2D eigenvalue weighted by atomic mass is 10.2. The summed E-state index contributed by atoms with van der Waals surface area (Å²) in [5.41, 5.74) is 0. The van der Waals surface area contributed by atoms with Gasteiger partial charge in [-0.25, -0.2) is 0 Å². The number of hydrogen-bond donors (Lipinski definition) is 1. The minimum absolute atomic E-state index is 0.0783. The van der Waals surface area contributed by atoms with Crippen LogP contribution in [0.25, 0.3) is 0 Å². The van der Waals surface area contributed by atoms with Gasteiger partial charge in [0.1, 0.15) is 11.6 Å². The van der Waals surface area contributed by atoms with Crippen molar-refractivity contribution in [2.24, 2.45) is 0 Å². The lowest BCUT2D eigenvalue weighted by Gasteiger charge is -2.37. The van der Waals surface area contributed by atoms with Crippen LogP contribution in [0.15, 0.2) is 0 Å². The van der Waals surface area contributed by atoms with Gasteiger partial charge in [0.2, 0.25) is 0 Å². The Morgan fingerprint density at radius 2 is 2.00 bits per heavy atom. The zero-order valence-electron chi connectivity index (χ0n) is 8.86. The normalized spacial score (nSPS) is 18.3. The van der Waals surface area contributed by atoms with Gasteiger partial charge in [0.25, 0.3) is 0 Å². The monoisotopic (exact) mass is 212 g/mol. The molecule has 0 N–H and O–H groups in total. The van der Waals surface area contributed by atoms with Crippen molar-refractivity contribution in [2.75, 3.05) is 6.54 Å². The topological polar surface area (TPSA) is 34.0 Å². The highest BCUT2D eigenvalue weighted by Gasteiger charge is 2.28. The molecule has 0 saturated heterocycles. The average Bonchev–Trinajstić information content (AvgIpc) is 2.46. The summed E-state index contributed by atoms with van der Waals surface area (Å²) in [5, 5.41) is 8.23. The molecule has 0 spiro atoms. The van der Waals surface area contributed by atoms with E-state index in [4.69, 9.17) is 0 Å². The lowest BCUT2D eigenvalue weighted by Crippen LogP contribution is -2.44. The molecule has 14 heavy (non-hydrogen) atoms. The number of thiol groups is 1. The molecule has 0 aromatic carbocycles. The largest absolute Gasteiger partial charge is 0.313 e. The van der Waals surface area contributed by atoms with E-state index in [-0.39, 0.29) is 4.87 Å². The Kier molecular flexibility index (Phi) is 2.31. The van der Waals surface area contributed by atoms with Gasteiger partial charge in [0.15, 0.2) is 0 Å². The van der Waals surface area contributed by atoms with Crippen LogP contribution in [0.5, 0.6) is 0 Å². The Balaban J connectivity index is 2.22. The summed E-state index contributed by atoms with van der Waals surface area (Å²) < 4.78 is 2.18. The number of aromatic nitrogens is 3. The maximum Gasteiger partial charge on any atom is 0.147 e. The standard InChI is InChI=1S/C9H16N4S/c1-7-10-11-8-6-12(9(2,3)14)4-5-13(7)8/h14H,4-6H2,1-3H3. The molecule has 1 aliphatic heterocycles. The summed E-state index contributed by atoms with van der Waals surface area (Å²) in [5.74, 6) is 2.06. The number of hydrogen-bond acceptors (Lipinski definition) is 4. The number of aryl methyl sites for hydroxylation is 1. The van der Waals surface area contributed by atoms with Gasteiger partial charge in [0, 0.05) is 13.1 Å². The number of rotatable bonds is 1. The van der Waals surface area contributed by atoms with Crippen molar-refractivity contribution in [3.05, 3.63) is 11.6 Å². The quantitative estimate of drug-likeness (QED) is 0.707. The summed E-state index contributed by atoms with van der Waals surface area (Å²) in [6, 6.07) is 0. The van der Waals surface area contributed by atoms with E-state index < -0.39 is 0 Å². The molecule has 0 saturated carbocycles. The first-order valence-corrected chi connectivity index (χ1v) is 5.29. The van der Waals surface area contributed by atoms with Gasteiger partial charge < -0.3 is 4.57 Å². The molecule has 0 bridgehead atoms.